The van der Waals surface area contributed by atoms with Crippen LogP contribution >= 0.6 is 12.4 Å². The summed E-state index contributed by atoms with van der Waals surface area (Å²) in [5.41, 5.74) is 6.17. The van der Waals surface area contributed by atoms with Crippen molar-refractivity contribution in [3.05, 3.63) is 18.3 Å². The quantitative estimate of drug-likeness (QED) is 0.619. The fraction of sp³-hybridized carbons (Fsp3) is 0. The van der Waals surface area contributed by atoms with Gasteiger partial charge in [0, 0.05) is 11.6 Å². The molecule has 0 aliphatic carbocycles. The van der Waals surface area contributed by atoms with E-state index in [-0.39, 0.29) is 12.4 Å². The molecule has 0 spiro atoms. The van der Waals surface area contributed by atoms with E-state index in [4.69, 9.17) is 5.73 Å². The number of nitrogen functional groups attached to an aromatic ring is 1. The largest absolute Gasteiger partial charge is 0.382 e. The Morgan fingerprint density at radius 3 is 3.00 bits per heavy atom. The lowest BCUT2D eigenvalue weighted by atomic mass is 10.4. The van der Waals surface area contributed by atoms with Crippen molar-refractivity contribution < 1.29 is 0 Å². The zero-order valence-electron chi connectivity index (χ0n) is 5.61. The number of fused-ring (bicyclic) bond motifs is 1. The maximum atomic E-state index is 5.40. The highest BCUT2D eigenvalue weighted by molar-refractivity contribution is 5.85. The van der Waals surface area contributed by atoms with Crippen LogP contribution in [0.25, 0.3) is 11.0 Å². The van der Waals surface area contributed by atoms with Gasteiger partial charge in [0.05, 0.1) is 0 Å². The zero-order chi connectivity index (χ0) is 6.97. The number of nitrogens with zero attached hydrogens (tertiary/aromatic N) is 2. The van der Waals surface area contributed by atoms with Crippen molar-refractivity contribution in [2.24, 2.45) is 0 Å². The SMILES string of the molecule is Cl.Nc1cc2cc[nH]c2nn1. The van der Waals surface area contributed by atoms with Gasteiger partial charge < -0.3 is 10.7 Å². The minimum atomic E-state index is 0. The lowest BCUT2D eigenvalue weighted by Crippen LogP contribution is -1.91. The molecule has 0 aromatic carbocycles. The molecule has 0 bridgehead atoms. The van der Waals surface area contributed by atoms with Gasteiger partial charge in [0.2, 0.25) is 0 Å². The first-order valence-electron chi connectivity index (χ1n) is 2.92. The number of aromatic amines is 1. The van der Waals surface area contributed by atoms with Crippen LogP contribution in [0, 0.1) is 0 Å². The predicted octanol–water partition coefficient (Wildman–Crippen LogP) is 0.962. The van der Waals surface area contributed by atoms with E-state index in [2.05, 4.69) is 15.2 Å². The first kappa shape index (κ1) is 7.81. The molecule has 11 heavy (non-hydrogen) atoms. The number of halogens is 1. The van der Waals surface area contributed by atoms with Crippen molar-refractivity contribution in [1.29, 1.82) is 0 Å². The Morgan fingerprint density at radius 1 is 1.36 bits per heavy atom. The summed E-state index contributed by atoms with van der Waals surface area (Å²) in [6.07, 6.45) is 1.80. The molecule has 5 heteroatoms. The second-order valence-electron chi connectivity index (χ2n) is 2.05. The summed E-state index contributed by atoms with van der Waals surface area (Å²) in [4.78, 5) is 2.92. The fourth-order valence-corrected chi connectivity index (χ4v) is 0.872. The van der Waals surface area contributed by atoms with E-state index in [9.17, 15) is 0 Å². The lowest BCUT2D eigenvalue weighted by Gasteiger charge is -1.88. The highest BCUT2D eigenvalue weighted by Crippen LogP contribution is 2.08. The van der Waals surface area contributed by atoms with Gasteiger partial charge in [-0.3, -0.25) is 0 Å². The molecule has 2 rings (SSSR count). The number of hydrogen-bond donors (Lipinski definition) is 2. The van der Waals surface area contributed by atoms with Crippen LogP contribution in [-0.2, 0) is 0 Å². The van der Waals surface area contributed by atoms with Crippen molar-refractivity contribution in [3.8, 4) is 0 Å². The van der Waals surface area contributed by atoms with E-state index in [0.717, 1.165) is 11.0 Å². The van der Waals surface area contributed by atoms with E-state index in [0.29, 0.717) is 5.82 Å². The van der Waals surface area contributed by atoms with Crippen molar-refractivity contribution >= 4 is 29.3 Å². The topological polar surface area (TPSA) is 67.6 Å². The Morgan fingerprint density at radius 2 is 2.18 bits per heavy atom. The van der Waals surface area contributed by atoms with Crippen LogP contribution in [0.4, 0.5) is 5.82 Å². The lowest BCUT2D eigenvalue weighted by molar-refractivity contribution is 1.07. The van der Waals surface area contributed by atoms with Crippen LogP contribution in [0.2, 0.25) is 0 Å². The van der Waals surface area contributed by atoms with Crippen LogP contribution in [0.1, 0.15) is 0 Å². The van der Waals surface area contributed by atoms with Crippen LogP contribution in [0.5, 0.6) is 0 Å². The second kappa shape index (κ2) is 2.75. The third kappa shape index (κ3) is 1.25. The van der Waals surface area contributed by atoms with Gasteiger partial charge in [0.15, 0.2) is 5.65 Å². The Kier molecular flexibility index (Phi) is 1.96. The summed E-state index contributed by atoms with van der Waals surface area (Å²) >= 11 is 0. The molecule has 0 atom stereocenters. The molecule has 0 saturated heterocycles. The average molecular weight is 171 g/mol. The van der Waals surface area contributed by atoms with Crippen LogP contribution in [-0.4, -0.2) is 15.2 Å². The fourth-order valence-electron chi connectivity index (χ4n) is 0.872. The molecule has 0 amide bonds. The van der Waals surface area contributed by atoms with Crippen molar-refractivity contribution in [2.45, 2.75) is 0 Å². The minimum Gasteiger partial charge on any atom is -0.382 e. The maximum Gasteiger partial charge on any atom is 0.160 e. The summed E-state index contributed by atoms with van der Waals surface area (Å²) in [7, 11) is 0. The van der Waals surface area contributed by atoms with Gasteiger partial charge in [0.25, 0.3) is 0 Å². The highest BCUT2D eigenvalue weighted by atomic mass is 35.5. The molecule has 0 unspecified atom stereocenters. The molecule has 4 nitrogen and oxygen atoms in total. The normalized spacial score (nSPS) is 9.45. The Labute approximate surface area is 69.2 Å². The number of nitrogens with two attached hydrogens (primary N) is 1. The van der Waals surface area contributed by atoms with Gasteiger partial charge >= 0.3 is 0 Å². The van der Waals surface area contributed by atoms with Gasteiger partial charge in [-0.25, -0.2) is 0 Å². The van der Waals surface area contributed by atoms with Crippen molar-refractivity contribution in [3.63, 3.8) is 0 Å². The number of H-pyrrole nitrogens is 1. The summed E-state index contributed by atoms with van der Waals surface area (Å²) in [6, 6.07) is 3.68. The molecule has 0 saturated carbocycles. The number of hydrogen-bond acceptors (Lipinski definition) is 3. The standard InChI is InChI=1S/C6H6N4.ClH/c7-5-3-4-1-2-8-6(4)10-9-5;/h1-3H,(H2,7,9)(H,8,10);1H. The first-order chi connectivity index (χ1) is 4.86. The molecular formula is C6H7ClN4. The van der Waals surface area contributed by atoms with E-state index in [1.54, 1.807) is 12.3 Å². The number of aromatic nitrogens is 3. The molecule has 2 aromatic heterocycles. The summed E-state index contributed by atoms with van der Waals surface area (Å²) < 4.78 is 0. The van der Waals surface area contributed by atoms with Gasteiger partial charge in [-0.15, -0.1) is 22.6 Å². The van der Waals surface area contributed by atoms with Crippen LogP contribution in [0.15, 0.2) is 18.3 Å². The van der Waals surface area contributed by atoms with E-state index in [1.807, 2.05) is 6.07 Å². The average Bonchev–Trinajstić information content (AvgIpc) is 2.33. The first-order valence-corrected chi connectivity index (χ1v) is 2.92. The molecule has 0 aliphatic rings. The van der Waals surface area contributed by atoms with Gasteiger partial charge in [-0.05, 0) is 12.1 Å². The third-order valence-electron chi connectivity index (χ3n) is 1.33. The maximum absolute atomic E-state index is 5.40. The molecule has 58 valence electrons. The molecule has 0 radical (unpaired) electrons. The number of nitrogens with one attached hydrogen (secondary N) is 1. The number of rotatable bonds is 0. The Bertz CT molecular complexity index is 356. The van der Waals surface area contributed by atoms with Gasteiger partial charge in [-0.2, -0.15) is 0 Å². The third-order valence-corrected chi connectivity index (χ3v) is 1.33. The summed E-state index contributed by atoms with van der Waals surface area (Å²) in [5, 5.41) is 8.48. The van der Waals surface area contributed by atoms with Crippen molar-refractivity contribution in [2.75, 3.05) is 5.73 Å². The molecule has 0 fully saturated rings. The van der Waals surface area contributed by atoms with Crippen LogP contribution in [0.3, 0.4) is 0 Å². The zero-order valence-corrected chi connectivity index (χ0v) is 6.43. The molecular weight excluding hydrogens is 164 g/mol. The van der Waals surface area contributed by atoms with Gasteiger partial charge in [-0.1, -0.05) is 0 Å². The Hall–Kier alpha value is -1.29. The summed E-state index contributed by atoms with van der Waals surface area (Å²) in [5.74, 6) is 0.451. The smallest absolute Gasteiger partial charge is 0.160 e. The van der Waals surface area contributed by atoms with E-state index in [1.165, 1.54) is 0 Å². The molecule has 3 N–H and O–H groups in total. The Balaban J connectivity index is 0.000000605. The van der Waals surface area contributed by atoms with Crippen LogP contribution < -0.4 is 5.73 Å². The highest BCUT2D eigenvalue weighted by Gasteiger charge is 1.94. The van der Waals surface area contributed by atoms with E-state index < -0.39 is 0 Å². The monoisotopic (exact) mass is 170 g/mol. The predicted molar refractivity (Wildman–Crippen MR) is 45.5 cm³/mol. The molecule has 0 aliphatic heterocycles. The number of anilines is 1. The second-order valence-corrected chi connectivity index (χ2v) is 2.05. The summed E-state index contributed by atoms with van der Waals surface area (Å²) in [6.45, 7) is 0. The molecule has 2 aromatic rings. The van der Waals surface area contributed by atoms with Crippen molar-refractivity contribution in [1.82, 2.24) is 15.2 Å². The van der Waals surface area contributed by atoms with Gasteiger partial charge in [0.1, 0.15) is 5.82 Å². The van der Waals surface area contributed by atoms with E-state index >= 15 is 0 Å². The molecule has 2 heterocycles. The minimum absolute atomic E-state index is 0.